The highest BCUT2D eigenvalue weighted by molar-refractivity contribution is 7.23. The zero-order chi connectivity index (χ0) is 36.7. The zero-order valence-corrected chi connectivity index (χ0v) is 32.0. The first-order chi connectivity index (χ1) is 27.0. The van der Waals surface area contributed by atoms with Crippen molar-refractivity contribution in [3.8, 4) is 22.3 Å². The molecule has 2 heteroatoms. The molecule has 9 aromatic rings. The molecule has 0 radical (unpaired) electrons. The molecular weight excluding hydrogens is 679 g/mol. The summed E-state index contributed by atoms with van der Waals surface area (Å²) in [6.45, 7) is 4.76. The van der Waals surface area contributed by atoms with Gasteiger partial charge in [0.25, 0.3) is 0 Å². The molecule has 0 amide bonds. The van der Waals surface area contributed by atoms with Crippen molar-refractivity contribution in [3.05, 3.63) is 211 Å². The molecule has 0 aromatic heterocycles. The van der Waals surface area contributed by atoms with Gasteiger partial charge in [0.2, 0.25) is 0 Å². The molecule has 0 bridgehead atoms. The molecule has 1 aliphatic carbocycles. The highest BCUT2D eigenvalue weighted by Crippen LogP contribution is 2.51. The SMILES string of the molecule is CC1(C)c2ccccc2-c2ccc(N(c3ccccc3)c3cccc4c3[Si](c3ccc5ccccc5c3)(c3ccc5ccccc5c3)c3ccccc3-4)cc21. The van der Waals surface area contributed by atoms with Crippen LogP contribution in [0.3, 0.4) is 0 Å². The molecule has 2 aliphatic rings. The van der Waals surface area contributed by atoms with E-state index in [0.29, 0.717) is 0 Å². The van der Waals surface area contributed by atoms with E-state index in [1.54, 1.807) is 0 Å². The Balaban J connectivity index is 1.25. The topological polar surface area (TPSA) is 3.24 Å². The number of para-hydroxylation sites is 1. The smallest absolute Gasteiger partial charge is 0.183 e. The molecule has 1 aliphatic heterocycles. The van der Waals surface area contributed by atoms with Crippen LogP contribution in [-0.4, -0.2) is 8.07 Å². The van der Waals surface area contributed by atoms with Crippen LogP contribution in [0.2, 0.25) is 0 Å². The summed E-state index contributed by atoms with van der Waals surface area (Å²) in [5.41, 5.74) is 11.6. The molecule has 55 heavy (non-hydrogen) atoms. The van der Waals surface area contributed by atoms with E-state index in [0.717, 1.165) is 5.69 Å². The molecule has 0 unspecified atom stereocenters. The number of rotatable bonds is 5. The maximum Gasteiger partial charge on any atom is 0.183 e. The maximum atomic E-state index is 2.55. The predicted molar refractivity (Wildman–Crippen MR) is 236 cm³/mol. The van der Waals surface area contributed by atoms with Gasteiger partial charge in [-0.15, -0.1) is 0 Å². The molecule has 0 N–H and O–H groups in total. The van der Waals surface area contributed by atoms with E-state index >= 15 is 0 Å². The van der Waals surface area contributed by atoms with Gasteiger partial charge in [-0.1, -0.05) is 184 Å². The molecule has 0 fully saturated rings. The number of hydrogen-bond acceptors (Lipinski definition) is 1. The number of hydrogen-bond donors (Lipinski definition) is 0. The average molecular weight is 718 g/mol. The zero-order valence-electron chi connectivity index (χ0n) is 31.0. The fourth-order valence-electron chi connectivity index (χ4n) is 9.97. The third kappa shape index (κ3) is 4.59. The summed E-state index contributed by atoms with van der Waals surface area (Å²) in [4.78, 5) is 2.55. The van der Waals surface area contributed by atoms with Gasteiger partial charge in [0, 0.05) is 22.5 Å². The number of benzene rings is 9. The minimum absolute atomic E-state index is 0.117. The number of anilines is 3. The van der Waals surface area contributed by atoms with Crippen molar-refractivity contribution < 1.29 is 0 Å². The van der Waals surface area contributed by atoms with Crippen molar-refractivity contribution in [2.75, 3.05) is 4.90 Å². The Morgan fingerprint density at radius 3 is 1.65 bits per heavy atom. The van der Waals surface area contributed by atoms with Crippen LogP contribution >= 0.6 is 0 Å². The van der Waals surface area contributed by atoms with Crippen LogP contribution in [0.1, 0.15) is 25.0 Å². The fourth-order valence-corrected chi connectivity index (χ4v) is 15.4. The van der Waals surface area contributed by atoms with Crippen LogP contribution in [0.5, 0.6) is 0 Å². The van der Waals surface area contributed by atoms with Crippen LogP contribution in [0, 0.1) is 0 Å². The van der Waals surface area contributed by atoms with E-state index in [1.807, 2.05) is 0 Å². The summed E-state index contributed by atoms with van der Waals surface area (Å²) in [5.74, 6) is 0. The summed E-state index contributed by atoms with van der Waals surface area (Å²) >= 11 is 0. The van der Waals surface area contributed by atoms with Crippen LogP contribution < -0.4 is 25.6 Å². The van der Waals surface area contributed by atoms with Gasteiger partial charge in [0.15, 0.2) is 8.07 Å². The Morgan fingerprint density at radius 2 is 0.945 bits per heavy atom. The Bertz CT molecular complexity index is 2900. The summed E-state index contributed by atoms with van der Waals surface area (Å²) in [6.07, 6.45) is 0. The lowest BCUT2D eigenvalue weighted by Crippen LogP contribution is -2.73. The average Bonchev–Trinajstić information content (AvgIpc) is 3.67. The lowest BCUT2D eigenvalue weighted by atomic mass is 9.82. The van der Waals surface area contributed by atoms with Crippen molar-refractivity contribution in [3.63, 3.8) is 0 Å². The summed E-state index contributed by atoms with van der Waals surface area (Å²) in [5, 5.41) is 10.8. The van der Waals surface area contributed by atoms with Gasteiger partial charge in [-0.2, -0.15) is 0 Å². The van der Waals surface area contributed by atoms with Gasteiger partial charge < -0.3 is 4.90 Å². The molecule has 0 saturated carbocycles. The maximum absolute atomic E-state index is 2.98. The molecule has 1 heterocycles. The molecular formula is C53H39NSi. The van der Waals surface area contributed by atoms with E-state index in [9.17, 15) is 0 Å². The second kappa shape index (κ2) is 12.0. The summed E-state index contributed by atoms with van der Waals surface area (Å²) < 4.78 is 0. The molecule has 0 saturated heterocycles. The van der Waals surface area contributed by atoms with Crippen molar-refractivity contribution >= 4 is 67.4 Å². The minimum Gasteiger partial charge on any atom is -0.311 e. The molecule has 11 rings (SSSR count). The standard InChI is InChI=1S/C53H39NSi/c1-53(2)48-24-12-10-21-44(48)45-32-29-41(35-49(45)53)54(40-19-4-3-5-20-40)50-25-14-23-47-46-22-11-13-26-51(46)55(52(47)50,42-30-27-36-15-6-8-17-38(36)33-42)43-31-28-37-16-7-9-18-39(37)34-43/h3-35H,1-2H3. The van der Waals surface area contributed by atoms with Crippen molar-refractivity contribution in [2.45, 2.75) is 19.3 Å². The number of fused-ring (bicyclic) bond motifs is 8. The Hall–Kier alpha value is -6.48. The van der Waals surface area contributed by atoms with Gasteiger partial charge in [0.1, 0.15) is 0 Å². The molecule has 1 nitrogen and oxygen atoms in total. The highest BCUT2D eigenvalue weighted by atomic mass is 28.3. The van der Waals surface area contributed by atoms with E-state index in [4.69, 9.17) is 0 Å². The second-order valence-corrected chi connectivity index (χ2v) is 19.4. The summed E-state index contributed by atoms with van der Waals surface area (Å²) in [6, 6.07) is 75.6. The lowest BCUT2D eigenvalue weighted by molar-refractivity contribution is 0.660. The third-order valence-corrected chi connectivity index (χ3v) is 17.4. The second-order valence-electron chi connectivity index (χ2n) is 15.7. The van der Waals surface area contributed by atoms with E-state index in [-0.39, 0.29) is 5.41 Å². The predicted octanol–water partition coefficient (Wildman–Crippen LogP) is 11.1. The fraction of sp³-hybridized carbons (Fsp3) is 0.0566. The lowest BCUT2D eigenvalue weighted by Gasteiger charge is -2.36. The van der Waals surface area contributed by atoms with Gasteiger partial charge in [-0.3, -0.25) is 0 Å². The van der Waals surface area contributed by atoms with Gasteiger partial charge >= 0.3 is 0 Å². The van der Waals surface area contributed by atoms with Crippen LogP contribution in [0.15, 0.2) is 200 Å². The van der Waals surface area contributed by atoms with E-state index in [1.165, 1.54) is 87.0 Å². The van der Waals surface area contributed by atoms with Crippen LogP contribution in [0.4, 0.5) is 17.1 Å². The van der Waals surface area contributed by atoms with E-state index in [2.05, 4.69) is 219 Å². The Morgan fingerprint density at radius 1 is 0.382 bits per heavy atom. The minimum atomic E-state index is -2.98. The molecule has 9 aromatic carbocycles. The van der Waals surface area contributed by atoms with Crippen molar-refractivity contribution in [1.29, 1.82) is 0 Å². The van der Waals surface area contributed by atoms with Crippen molar-refractivity contribution in [1.82, 2.24) is 0 Å². The van der Waals surface area contributed by atoms with Gasteiger partial charge in [0.05, 0.1) is 0 Å². The van der Waals surface area contributed by atoms with Crippen LogP contribution in [-0.2, 0) is 5.41 Å². The Kier molecular flexibility index (Phi) is 6.99. The Labute approximate surface area is 323 Å². The normalized spacial score (nSPS) is 14.3. The molecule has 260 valence electrons. The quantitative estimate of drug-likeness (QED) is 0.160. The highest BCUT2D eigenvalue weighted by Gasteiger charge is 2.51. The first-order valence-electron chi connectivity index (χ1n) is 19.3. The van der Waals surface area contributed by atoms with Crippen molar-refractivity contribution in [2.24, 2.45) is 0 Å². The largest absolute Gasteiger partial charge is 0.311 e. The first-order valence-corrected chi connectivity index (χ1v) is 21.3. The van der Waals surface area contributed by atoms with Gasteiger partial charge in [-0.25, -0.2) is 0 Å². The molecule has 0 spiro atoms. The van der Waals surface area contributed by atoms with Crippen LogP contribution in [0.25, 0.3) is 43.8 Å². The van der Waals surface area contributed by atoms with Gasteiger partial charge in [-0.05, 0) is 106 Å². The third-order valence-electron chi connectivity index (χ3n) is 12.5. The molecule has 0 atom stereocenters. The first kappa shape index (κ1) is 32.0. The monoisotopic (exact) mass is 717 g/mol. The number of nitrogens with zero attached hydrogens (tertiary/aromatic N) is 1. The summed E-state index contributed by atoms with van der Waals surface area (Å²) in [7, 11) is -2.98. The van der Waals surface area contributed by atoms with E-state index < -0.39 is 8.07 Å².